The third-order valence-electron chi connectivity index (χ3n) is 3.62. The van der Waals surface area contributed by atoms with Crippen LogP contribution in [-0.4, -0.2) is 29.9 Å². The van der Waals surface area contributed by atoms with Crippen LogP contribution in [0.2, 0.25) is 13.3 Å². The average Bonchev–Trinajstić information content (AvgIpc) is 2.51. The predicted molar refractivity (Wildman–Crippen MR) is 108 cm³/mol. The van der Waals surface area contributed by atoms with E-state index in [2.05, 4.69) is 25.8 Å². The normalized spacial score (nSPS) is 10.5. The summed E-state index contributed by atoms with van der Waals surface area (Å²) in [4.78, 5) is 4.01. The van der Waals surface area contributed by atoms with Crippen LogP contribution in [0.4, 0.5) is 0 Å². The second-order valence-corrected chi connectivity index (χ2v) is 15.4. The summed E-state index contributed by atoms with van der Waals surface area (Å²) in [7, 11) is 0. The molecule has 22 heavy (non-hydrogen) atoms. The first-order chi connectivity index (χ1) is 10.5. The van der Waals surface area contributed by atoms with E-state index in [9.17, 15) is 0 Å². The summed E-state index contributed by atoms with van der Waals surface area (Å²) in [5.41, 5.74) is 0.928. The molecule has 1 radical (unpaired) electrons. The Kier molecular flexibility index (Phi) is 15.4. The van der Waals surface area contributed by atoms with Gasteiger partial charge in [-0.3, -0.25) is 0 Å². The second kappa shape index (κ2) is 15.0. The summed E-state index contributed by atoms with van der Waals surface area (Å²) in [5.74, 6) is 0.251. The Morgan fingerprint density at radius 2 is 1.41 bits per heavy atom. The Bertz CT molecular complexity index is 368. The molecule has 0 atom stereocenters. The molecular formula is C18H33INOSn. The molecule has 0 aromatic carbocycles. The summed E-state index contributed by atoms with van der Waals surface area (Å²) < 4.78 is 5.70. The van der Waals surface area contributed by atoms with Crippen LogP contribution in [-0.2, 0) is 0 Å². The first kappa shape index (κ1) is 22.5. The minimum Gasteiger partial charge on any atom is -0.505 e. The zero-order valence-electron chi connectivity index (χ0n) is 14.8. The Balaban J connectivity index is 0.000000425. The fourth-order valence-electron chi connectivity index (χ4n) is 2.17. The van der Waals surface area contributed by atoms with E-state index in [1.165, 1.54) is 38.5 Å². The van der Waals surface area contributed by atoms with Crippen LogP contribution in [0.1, 0.15) is 65.0 Å². The van der Waals surface area contributed by atoms with Gasteiger partial charge in [-0.05, 0) is 41.6 Å². The number of aryl methyl sites for hydroxylation is 1. The van der Waals surface area contributed by atoms with Crippen LogP contribution in [0.25, 0.3) is 0 Å². The van der Waals surface area contributed by atoms with E-state index in [1.807, 2.05) is 29.5 Å². The van der Waals surface area contributed by atoms with Gasteiger partial charge < -0.3 is 5.11 Å². The summed E-state index contributed by atoms with van der Waals surface area (Å²) >= 11 is 1.15. The van der Waals surface area contributed by atoms with Gasteiger partial charge in [0, 0.05) is 5.69 Å². The molecule has 4 heteroatoms. The van der Waals surface area contributed by atoms with Crippen LogP contribution in [0, 0.1) is 10.6 Å². The molecular weight excluding hydrogens is 492 g/mol. The minimum absolute atomic E-state index is 0.251. The van der Waals surface area contributed by atoms with E-state index in [1.54, 1.807) is 25.4 Å². The van der Waals surface area contributed by atoms with Gasteiger partial charge in [0.1, 0.15) is 9.45 Å². The molecule has 0 saturated heterocycles. The molecule has 1 rings (SSSR count). The zero-order chi connectivity index (χ0) is 16.8. The molecule has 1 N–H and O–H groups in total. The minimum atomic E-state index is -0.839. The van der Waals surface area contributed by atoms with Crippen molar-refractivity contribution >= 4 is 42.4 Å². The molecule has 0 amide bonds. The summed E-state index contributed by atoms with van der Waals surface area (Å²) in [6, 6.07) is 3.42. The molecule has 1 aromatic heterocycles. The number of aromatic nitrogens is 1. The summed E-state index contributed by atoms with van der Waals surface area (Å²) in [5, 5.41) is 8.97. The van der Waals surface area contributed by atoms with Crippen molar-refractivity contribution in [3.05, 3.63) is 21.5 Å². The summed E-state index contributed by atoms with van der Waals surface area (Å²) in [6.45, 7) is 8.89. The van der Waals surface area contributed by atoms with Gasteiger partial charge in [0.2, 0.25) is 0 Å². The molecule has 1 aromatic rings. The van der Waals surface area contributed by atoms with E-state index < -0.39 is 19.8 Å². The van der Waals surface area contributed by atoms with Crippen LogP contribution in [0.5, 0.6) is 5.75 Å². The Morgan fingerprint density at radius 1 is 0.955 bits per heavy atom. The van der Waals surface area contributed by atoms with Crippen molar-refractivity contribution in [3.63, 3.8) is 0 Å². The third kappa shape index (κ3) is 12.0. The Morgan fingerprint density at radius 3 is 1.73 bits per heavy atom. The average molecular weight is 525 g/mol. The van der Waals surface area contributed by atoms with Gasteiger partial charge in [-0.1, -0.05) is 0 Å². The van der Waals surface area contributed by atoms with Crippen LogP contribution in [0.3, 0.4) is 0 Å². The molecule has 0 bridgehead atoms. The molecule has 2 nitrogen and oxygen atoms in total. The standard InChI is InChI=1S/C6H6INO.3C4H9.Sn/c1-4-2-3-5(9)6(7)8-4;3*1-3-4-2;/h2-3,9H,1H3;3*1,3-4H2,2H3;. The van der Waals surface area contributed by atoms with Crippen molar-refractivity contribution in [2.24, 2.45) is 0 Å². The van der Waals surface area contributed by atoms with Crippen LogP contribution in [0.15, 0.2) is 12.1 Å². The van der Waals surface area contributed by atoms with E-state index in [4.69, 9.17) is 5.11 Å². The first-order valence-corrected chi connectivity index (χ1v) is 15.8. The maximum Gasteiger partial charge on any atom is 0.147 e. The van der Waals surface area contributed by atoms with Crippen molar-refractivity contribution in [2.45, 2.75) is 79.5 Å². The van der Waals surface area contributed by atoms with Crippen molar-refractivity contribution in [2.75, 3.05) is 0 Å². The van der Waals surface area contributed by atoms with Gasteiger partial charge in [0.05, 0.1) is 0 Å². The third-order valence-corrected chi connectivity index (χ3v) is 13.5. The van der Waals surface area contributed by atoms with Crippen LogP contribution >= 0.6 is 22.6 Å². The molecule has 0 aliphatic heterocycles. The fraction of sp³-hybridized carbons (Fsp3) is 0.722. The SMILES string of the molecule is CCC[CH2][Sn]([CH2]CCC)[CH2]CCC.Cc1ccc(O)c(I)n1. The molecule has 0 aliphatic carbocycles. The van der Waals surface area contributed by atoms with Crippen molar-refractivity contribution < 1.29 is 5.11 Å². The van der Waals surface area contributed by atoms with Gasteiger partial charge in [-0.15, -0.1) is 0 Å². The molecule has 0 aliphatic rings. The van der Waals surface area contributed by atoms with E-state index >= 15 is 0 Å². The quantitative estimate of drug-likeness (QED) is 0.225. The van der Waals surface area contributed by atoms with Gasteiger partial charge in [-0.2, -0.15) is 0 Å². The Hall–Kier alpha value is 0.479. The monoisotopic (exact) mass is 526 g/mol. The maximum atomic E-state index is 8.97. The smallest absolute Gasteiger partial charge is 0.147 e. The molecule has 0 unspecified atom stereocenters. The fourth-order valence-corrected chi connectivity index (χ4v) is 12.2. The van der Waals surface area contributed by atoms with Crippen molar-refractivity contribution in [1.82, 2.24) is 4.98 Å². The number of pyridine rings is 1. The number of hydrogen-bond acceptors (Lipinski definition) is 2. The zero-order valence-corrected chi connectivity index (χ0v) is 19.8. The summed E-state index contributed by atoms with van der Waals surface area (Å²) in [6.07, 6.45) is 8.85. The van der Waals surface area contributed by atoms with Gasteiger partial charge >= 0.3 is 92.4 Å². The number of hydrogen-bond donors (Lipinski definition) is 1. The van der Waals surface area contributed by atoms with Gasteiger partial charge in [0.25, 0.3) is 0 Å². The number of unbranched alkanes of at least 4 members (excludes halogenated alkanes) is 3. The van der Waals surface area contributed by atoms with E-state index in [0.717, 1.165) is 5.69 Å². The molecule has 0 spiro atoms. The van der Waals surface area contributed by atoms with E-state index in [0.29, 0.717) is 3.70 Å². The first-order valence-electron chi connectivity index (χ1n) is 8.70. The van der Waals surface area contributed by atoms with Crippen molar-refractivity contribution in [1.29, 1.82) is 0 Å². The van der Waals surface area contributed by atoms with Gasteiger partial charge in [0.15, 0.2) is 0 Å². The predicted octanol–water partition coefficient (Wildman–Crippen LogP) is 6.58. The number of halogens is 1. The molecule has 0 saturated carbocycles. The van der Waals surface area contributed by atoms with E-state index in [-0.39, 0.29) is 5.75 Å². The number of nitrogens with zero attached hydrogens (tertiary/aromatic N) is 1. The second-order valence-electron chi connectivity index (χ2n) is 5.82. The number of aromatic hydroxyl groups is 1. The topological polar surface area (TPSA) is 33.1 Å². The maximum absolute atomic E-state index is 8.97. The van der Waals surface area contributed by atoms with Gasteiger partial charge in [-0.25, -0.2) is 4.98 Å². The Labute approximate surface area is 158 Å². The molecule has 1 heterocycles. The molecule has 127 valence electrons. The van der Waals surface area contributed by atoms with Crippen molar-refractivity contribution in [3.8, 4) is 5.75 Å². The number of rotatable bonds is 9. The molecule has 0 fully saturated rings. The van der Waals surface area contributed by atoms with Crippen LogP contribution < -0.4 is 0 Å². The largest absolute Gasteiger partial charge is 0.505 e.